The molecule has 6 heteroatoms. The van der Waals surface area contributed by atoms with E-state index in [-0.39, 0.29) is 17.6 Å². The highest BCUT2D eigenvalue weighted by Crippen LogP contribution is 2.04. The molecule has 0 bridgehead atoms. The van der Waals surface area contributed by atoms with Gasteiger partial charge in [-0.05, 0) is 24.9 Å². The van der Waals surface area contributed by atoms with Crippen molar-refractivity contribution < 1.29 is 9.59 Å². The highest BCUT2D eigenvalue weighted by molar-refractivity contribution is 6.63. The van der Waals surface area contributed by atoms with Gasteiger partial charge in [0.1, 0.15) is 0 Å². The molecule has 0 spiro atoms. The van der Waals surface area contributed by atoms with Gasteiger partial charge in [-0.15, -0.1) is 0 Å². The minimum atomic E-state index is -0.383. The van der Waals surface area contributed by atoms with Crippen LogP contribution < -0.4 is 5.32 Å². The summed E-state index contributed by atoms with van der Waals surface area (Å²) in [5.41, 5.74) is 1.24. The van der Waals surface area contributed by atoms with Crippen LogP contribution in [0.15, 0.2) is 6.20 Å². The summed E-state index contributed by atoms with van der Waals surface area (Å²) in [6.45, 7) is 2.21. The average Bonchev–Trinajstić information content (AvgIpc) is 2.52. The summed E-state index contributed by atoms with van der Waals surface area (Å²) < 4.78 is 1.59. The number of rotatable bonds is 5. The smallest absolute Gasteiger partial charge is 0.254 e. The number of carbonyl (C=O) groups is 2. The van der Waals surface area contributed by atoms with Gasteiger partial charge >= 0.3 is 0 Å². The van der Waals surface area contributed by atoms with Crippen molar-refractivity contribution in [2.45, 2.75) is 19.8 Å². The molecule has 1 aromatic rings. The van der Waals surface area contributed by atoms with Crippen LogP contribution in [0.25, 0.3) is 0 Å². The average molecular weight is 244 g/mol. The molecule has 1 heterocycles. The van der Waals surface area contributed by atoms with Crippen LogP contribution in [-0.2, 0) is 11.8 Å². The van der Waals surface area contributed by atoms with Crippen molar-refractivity contribution in [3.05, 3.63) is 17.5 Å². The van der Waals surface area contributed by atoms with Gasteiger partial charge in [0, 0.05) is 26.2 Å². The Labute approximate surface area is 98.8 Å². The number of hydrogen-bond acceptors (Lipinski definition) is 3. The first kappa shape index (κ1) is 12.7. The monoisotopic (exact) mass is 243 g/mol. The second-order valence-electron chi connectivity index (χ2n) is 3.52. The summed E-state index contributed by atoms with van der Waals surface area (Å²) in [4.78, 5) is 22.1. The van der Waals surface area contributed by atoms with E-state index in [1.807, 2.05) is 0 Å². The molecule has 0 aliphatic heterocycles. The van der Waals surface area contributed by atoms with Gasteiger partial charge in [0.15, 0.2) is 0 Å². The van der Waals surface area contributed by atoms with E-state index in [9.17, 15) is 9.59 Å². The largest absolute Gasteiger partial charge is 0.352 e. The van der Waals surface area contributed by atoms with Crippen LogP contribution in [-0.4, -0.2) is 27.5 Å². The Bertz CT molecular complexity index is 401. The van der Waals surface area contributed by atoms with Crippen molar-refractivity contribution in [1.82, 2.24) is 15.1 Å². The second-order valence-corrected chi connectivity index (χ2v) is 3.94. The van der Waals surface area contributed by atoms with Crippen LogP contribution in [0.1, 0.15) is 28.9 Å². The predicted octanol–water partition coefficient (Wildman–Crippen LogP) is 1.00. The number of nitrogens with one attached hydrogen (secondary N) is 1. The van der Waals surface area contributed by atoms with Crippen molar-refractivity contribution in [2.24, 2.45) is 7.05 Å². The molecular formula is C10H14ClN3O2. The van der Waals surface area contributed by atoms with E-state index in [4.69, 9.17) is 11.6 Å². The van der Waals surface area contributed by atoms with Crippen LogP contribution in [0.3, 0.4) is 0 Å². The number of nitrogens with zero attached hydrogens (tertiary/aromatic N) is 2. The van der Waals surface area contributed by atoms with Crippen LogP contribution in [0.4, 0.5) is 0 Å². The fourth-order valence-corrected chi connectivity index (χ4v) is 1.48. The van der Waals surface area contributed by atoms with E-state index in [1.54, 1.807) is 24.9 Å². The lowest BCUT2D eigenvalue weighted by Crippen LogP contribution is -2.25. The molecule has 1 rings (SSSR count). The van der Waals surface area contributed by atoms with Gasteiger partial charge in [-0.3, -0.25) is 14.3 Å². The van der Waals surface area contributed by atoms with Crippen molar-refractivity contribution in [3.8, 4) is 0 Å². The van der Waals surface area contributed by atoms with E-state index in [2.05, 4.69) is 10.4 Å². The third-order valence-electron chi connectivity index (χ3n) is 2.09. The fraction of sp³-hybridized carbons (Fsp3) is 0.500. The van der Waals surface area contributed by atoms with Gasteiger partial charge < -0.3 is 5.32 Å². The van der Waals surface area contributed by atoms with Crippen molar-refractivity contribution >= 4 is 22.8 Å². The second kappa shape index (κ2) is 5.65. The van der Waals surface area contributed by atoms with E-state index < -0.39 is 0 Å². The molecule has 5 nitrogen and oxygen atoms in total. The number of halogens is 1. The molecule has 0 unspecified atom stereocenters. The molecule has 0 saturated carbocycles. The molecule has 0 atom stereocenters. The van der Waals surface area contributed by atoms with Crippen molar-refractivity contribution in [3.63, 3.8) is 0 Å². The molecular weight excluding hydrogens is 230 g/mol. The minimum Gasteiger partial charge on any atom is -0.352 e. The summed E-state index contributed by atoms with van der Waals surface area (Å²) in [7, 11) is 1.76. The lowest BCUT2D eigenvalue weighted by molar-refractivity contribution is -0.111. The zero-order valence-corrected chi connectivity index (χ0v) is 10.0. The molecule has 0 aromatic carbocycles. The third kappa shape index (κ3) is 3.66. The standard InChI is InChI=1S/C10H14ClN3O2/c1-7-8(6-14(2)13-7)10(16)12-5-3-4-9(11)15/h6H,3-5H2,1-2H3,(H,12,16). The first-order valence-corrected chi connectivity index (χ1v) is 5.35. The highest BCUT2D eigenvalue weighted by atomic mass is 35.5. The molecule has 1 N–H and O–H groups in total. The molecule has 88 valence electrons. The van der Waals surface area contributed by atoms with Crippen LogP contribution in [0.5, 0.6) is 0 Å². The quantitative estimate of drug-likeness (QED) is 0.620. The molecule has 1 amide bonds. The Balaban J connectivity index is 2.41. The van der Waals surface area contributed by atoms with Crippen molar-refractivity contribution in [1.29, 1.82) is 0 Å². The van der Waals surface area contributed by atoms with Gasteiger partial charge in [0.05, 0.1) is 11.3 Å². The first-order valence-electron chi connectivity index (χ1n) is 4.97. The Morgan fingerprint density at radius 3 is 2.75 bits per heavy atom. The predicted molar refractivity (Wildman–Crippen MR) is 60.4 cm³/mol. The lowest BCUT2D eigenvalue weighted by Gasteiger charge is -2.02. The van der Waals surface area contributed by atoms with E-state index in [1.165, 1.54) is 0 Å². The Kier molecular flexibility index (Phi) is 4.49. The fourth-order valence-electron chi connectivity index (χ4n) is 1.35. The van der Waals surface area contributed by atoms with Crippen LogP contribution in [0, 0.1) is 6.92 Å². The maximum absolute atomic E-state index is 11.6. The maximum Gasteiger partial charge on any atom is 0.254 e. The number of aryl methyl sites for hydroxylation is 2. The summed E-state index contributed by atoms with van der Waals surface area (Å²) in [6, 6.07) is 0. The SMILES string of the molecule is Cc1nn(C)cc1C(=O)NCCCC(=O)Cl. The topological polar surface area (TPSA) is 64.0 Å². The number of aromatic nitrogens is 2. The van der Waals surface area contributed by atoms with Crippen molar-refractivity contribution in [2.75, 3.05) is 6.54 Å². The van der Waals surface area contributed by atoms with Gasteiger partial charge in [0.2, 0.25) is 5.24 Å². The number of hydrogen-bond donors (Lipinski definition) is 1. The third-order valence-corrected chi connectivity index (χ3v) is 2.28. The molecule has 0 fully saturated rings. The minimum absolute atomic E-state index is 0.173. The number of carbonyl (C=O) groups excluding carboxylic acids is 2. The Morgan fingerprint density at radius 2 is 2.25 bits per heavy atom. The number of amides is 1. The first-order chi connectivity index (χ1) is 7.50. The lowest BCUT2D eigenvalue weighted by atomic mass is 10.2. The van der Waals surface area contributed by atoms with Gasteiger partial charge in [-0.2, -0.15) is 5.10 Å². The summed E-state index contributed by atoms with van der Waals surface area (Å²) in [6.07, 6.45) is 2.48. The molecule has 16 heavy (non-hydrogen) atoms. The highest BCUT2D eigenvalue weighted by Gasteiger charge is 2.11. The summed E-state index contributed by atoms with van der Waals surface area (Å²) in [5.74, 6) is -0.173. The summed E-state index contributed by atoms with van der Waals surface area (Å²) in [5, 5.41) is 6.39. The Morgan fingerprint density at radius 1 is 1.56 bits per heavy atom. The normalized spacial score (nSPS) is 10.2. The van der Waals surface area contributed by atoms with E-state index in [0.29, 0.717) is 24.2 Å². The molecule has 1 aromatic heterocycles. The summed E-state index contributed by atoms with van der Waals surface area (Å²) >= 11 is 5.17. The zero-order valence-electron chi connectivity index (χ0n) is 9.29. The molecule has 0 aliphatic carbocycles. The zero-order chi connectivity index (χ0) is 12.1. The molecule has 0 radical (unpaired) electrons. The van der Waals surface area contributed by atoms with E-state index in [0.717, 1.165) is 0 Å². The van der Waals surface area contributed by atoms with Gasteiger partial charge in [-0.25, -0.2) is 0 Å². The Hall–Kier alpha value is -1.36. The molecule has 0 aliphatic rings. The maximum atomic E-state index is 11.6. The van der Waals surface area contributed by atoms with Gasteiger partial charge in [-0.1, -0.05) is 0 Å². The van der Waals surface area contributed by atoms with Gasteiger partial charge in [0.25, 0.3) is 5.91 Å². The molecule has 0 saturated heterocycles. The van der Waals surface area contributed by atoms with Crippen LogP contribution in [0.2, 0.25) is 0 Å². The van der Waals surface area contributed by atoms with E-state index >= 15 is 0 Å². The van der Waals surface area contributed by atoms with Crippen LogP contribution >= 0.6 is 11.6 Å².